The van der Waals surface area contributed by atoms with E-state index in [9.17, 15) is 4.79 Å². The van der Waals surface area contributed by atoms with Crippen LogP contribution >= 0.6 is 0 Å². The van der Waals surface area contributed by atoms with E-state index in [4.69, 9.17) is 14.9 Å². The summed E-state index contributed by atoms with van der Waals surface area (Å²) in [7, 11) is 0. The highest BCUT2D eigenvalue weighted by atomic mass is 16.5. The van der Waals surface area contributed by atoms with Crippen LogP contribution in [0.5, 0.6) is 0 Å². The molecule has 0 spiro atoms. The van der Waals surface area contributed by atoms with Gasteiger partial charge in [-0.3, -0.25) is 4.79 Å². The minimum atomic E-state index is -0.761. The second-order valence-electron chi connectivity index (χ2n) is 3.57. The van der Waals surface area contributed by atoms with Gasteiger partial charge in [-0.2, -0.15) is 0 Å². The van der Waals surface area contributed by atoms with Crippen LogP contribution < -0.4 is 0 Å². The highest BCUT2D eigenvalue weighted by Gasteiger charge is 2.41. The summed E-state index contributed by atoms with van der Waals surface area (Å²) >= 11 is 0. The first kappa shape index (κ1) is 10.5. The van der Waals surface area contributed by atoms with Crippen LogP contribution in [0.1, 0.15) is 25.7 Å². The SMILES string of the molecule is O=C(O)C1(CCCCO)CCOC1. The van der Waals surface area contributed by atoms with Crippen LogP contribution in [0.15, 0.2) is 0 Å². The van der Waals surface area contributed by atoms with Gasteiger partial charge in [0.15, 0.2) is 0 Å². The molecule has 2 N–H and O–H groups in total. The van der Waals surface area contributed by atoms with E-state index in [1.165, 1.54) is 0 Å². The lowest BCUT2D eigenvalue weighted by Gasteiger charge is -2.21. The number of hydrogen-bond acceptors (Lipinski definition) is 3. The number of ether oxygens (including phenoxy) is 1. The van der Waals surface area contributed by atoms with Crippen molar-refractivity contribution in [2.75, 3.05) is 19.8 Å². The fourth-order valence-corrected chi connectivity index (χ4v) is 1.66. The van der Waals surface area contributed by atoms with Crippen LogP contribution in [-0.4, -0.2) is 36.0 Å². The molecule has 1 heterocycles. The van der Waals surface area contributed by atoms with E-state index < -0.39 is 11.4 Å². The maximum absolute atomic E-state index is 11.0. The standard InChI is InChI=1S/C9H16O4/c10-5-2-1-3-9(8(11)12)4-6-13-7-9/h10H,1-7H2,(H,11,12). The van der Waals surface area contributed by atoms with Crippen LogP contribution in [0.25, 0.3) is 0 Å². The van der Waals surface area contributed by atoms with Gasteiger partial charge in [0.05, 0.1) is 12.0 Å². The molecule has 1 rings (SSSR count). The Bertz CT molecular complexity index is 172. The molecule has 1 fully saturated rings. The summed E-state index contributed by atoms with van der Waals surface area (Å²) in [5.74, 6) is -0.761. The summed E-state index contributed by atoms with van der Waals surface area (Å²) in [5, 5.41) is 17.6. The molecule has 0 bridgehead atoms. The molecule has 1 aliphatic heterocycles. The van der Waals surface area contributed by atoms with Crippen LogP contribution in [0.3, 0.4) is 0 Å². The maximum Gasteiger partial charge on any atom is 0.312 e. The zero-order valence-electron chi connectivity index (χ0n) is 7.66. The van der Waals surface area contributed by atoms with Crippen molar-refractivity contribution in [1.82, 2.24) is 0 Å². The first-order chi connectivity index (χ1) is 6.21. The van der Waals surface area contributed by atoms with Crippen molar-refractivity contribution in [3.63, 3.8) is 0 Å². The highest BCUT2D eigenvalue weighted by Crippen LogP contribution is 2.34. The van der Waals surface area contributed by atoms with Gasteiger partial charge in [-0.1, -0.05) is 0 Å². The van der Waals surface area contributed by atoms with Gasteiger partial charge in [0.1, 0.15) is 0 Å². The Labute approximate surface area is 77.5 Å². The lowest BCUT2D eigenvalue weighted by molar-refractivity contribution is -0.149. The minimum Gasteiger partial charge on any atom is -0.481 e. The first-order valence-electron chi connectivity index (χ1n) is 4.63. The van der Waals surface area contributed by atoms with Crippen LogP contribution in [0, 0.1) is 5.41 Å². The Morgan fingerprint density at radius 3 is 2.69 bits per heavy atom. The smallest absolute Gasteiger partial charge is 0.312 e. The van der Waals surface area contributed by atoms with E-state index in [0.29, 0.717) is 32.5 Å². The zero-order valence-corrected chi connectivity index (χ0v) is 7.66. The van der Waals surface area contributed by atoms with Gasteiger partial charge in [0.25, 0.3) is 0 Å². The van der Waals surface area contributed by atoms with E-state index in [0.717, 1.165) is 6.42 Å². The van der Waals surface area contributed by atoms with Gasteiger partial charge < -0.3 is 14.9 Å². The lowest BCUT2D eigenvalue weighted by Crippen LogP contribution is -2.31. The zero-order chi connectivity index (χ0) is 9.73. The van der Waals surface area contributed by atoms with Crippen molar-refractivity contribution in [2.24, 2.45) is 5.41 Å². The third-order valence-corrected chi connectivity index (χ3v) is 2.62. The largest absolute Gasteiger partial charge is 0.481 e. The molecule has 0 aliphatic carbocycles. The first-order valence-corrected chi connectivity index (χ1v) is 4.63. The van der Waals surface area contributed by atoms with E-state index >= 15 is 0 Å². The number of unbranched alkanes of at least 4 members (excludes halogenated alkanes) is 1. The molecule has 1 saturated heterocycles. The van der Waals surface area contributed by atoms with Crippen molar-refractivity contribution in [1.29, 1.82) is 0 Å². The Morgan fingerprint density at radius 2 is 2.23 bits per heavy atom. The van der Waals surface area contributed by atoms with Gasteiger partial charge in [-0.05, 0) is 25.7 Å². The Balaban J connectivity index is 2.43. The van der Waals surface area contributed by atoms with Crippen LogP contribution in [-0.2, 0) is 9.53 Å². The second kappa shape index (κ2) is 4.58. The number of aliphatic hydroxyl groups is 1. The fraction of sp³-hybridized carbons (Fsp3) is 0.889. The Morgan fingerprint density at radius 1 is 1.46 bits per heavy atom. The average molecular weight is 188 g/mol. The molecule has 1 atom stereocenters. The third kappa shape index (κ3) is 2.42. The highest BCUT2D eigenvalue weighted by molar-refractivity contribution is 5.75. The molecule has 4 nitrogen and oxygen atoms in total. The molecular formula is C9H16O4. The molecule has 76 valence electrons. The van der Waals surface area contributed by atoms with Crippen molar-refractivity contribution in [2.45, 2.75) is 25.7 Å². The van der Waals surface area contributed by atoms with Crippen molar-refractivity contribution in [3.05, 3.63) is 0 Å². The molecule has 0 aromatic rings. The quantitative estimate of drug-likeness (QED) is 0.621. The molecule has 1 aliphatic rings. The average Bonchev–Trinajstić information content (AvgIpc) is 2.55. The second-order valence-corrected chi connectivity index (χ2v) is 3.57. The molecule has 0 saturated carbocycles. The van der Waals surface area contributed by atoms with E-state index in [2.05, 4.69) is 0 Å². The lowest BCUT2D eigenvalue weighted by atomic mass is 9.82. The van der Waals surface area contributed by atoms with Crippen molar-refractivity contribution < 1.29 is 19.7 Å². The van der Waals surface area contributed by atoms with Gasteiger partial charge in [0.2, 0.25) is 0 Å². The number of rotatable bonds is 5. The summed E-state index contributed by atoms with van der Waals surface area (Å²) in [5.41, 5.74) is -0.671. The molecular weight excluding hydrogens is 172 g/mol. The van der Waals surface area contributed by atoms with E-state index in [1.807, 2.05) is 0 Å². The molecule has 0 aromatic carbocycles. The molecule has 4 heteroatoms. The third-order valence-electron chi connectivity index (χ3n) is 2.62. The Hall–Kier alpha value is -0.610. The monoisotopic (exact) mass is 188 g/mol. The normalized spacial score (nSPS) is 27.8. The molecule has 1 unspecified atom stereocenters. The van der Waals surface area contributed by atoms with Crippen LogP contribution in [0.2, 0.25) is 0 Å². The van der Waals surface area contributed by atoms with E-state index in [1.54, 1.807) is 0 Å². The summed E-state index contributed by atoms with van der Waals surface area (Å²) in [6, 6.07) is 0. The number of aliphatic hydroxyl groups excluding tert-OH is 1. The molecule has 0 radical (unpaired) electrons. The summed E-state index contributed by atoms with van der Waals surface area (Å²) in [6.07, 6.45) is 2.65. The molecule has 13 heavy (non-hydrogen) atoms. The Kier molecular flexibility index (Phi) is 3.69. The molecule has 0 aromatic heterocycles. The molecule has 0 amide bonds. The number of hydrogen-bond donors (Lipinski definition) is 2. The topological polar surface area (TPSA) is 66.8 Å². The number of carbonyl (C=O) groups is 1. The summed E-state index contributed by atoms with van der Waals surface area (Å²) < 4.78 is 5.11. The minimum absolute atomic E-state index is 0.135. The van der Waals surface area contributed by atoms with Crippen molar-refractivity contribution in [3.8, 4) is 0 Å². The van der Waals surface area contributed by atoms with E-state index in [-0.39, 0.29) is 6.61 Å². The van der Waals surface area contributed by atoms with Crippen LogP contribution in [0.4, 0.5) is 0 Å². The van der Waals surface area contributed by atoms with Gasteiger partial charge in [-0.15, -0.1) is 0 Å². The number of carboxylic acid groups (broad SMARTS) is 1. The predicted octanol–water partition coefficient (Wildman–Crippen LogP) is 0.640. The number of aliphatic carboxylic acids is 1. The number of carboxylic acids is 1. The fourth-order valence-electron chi connectivity index (χ4n) is 1.66. The van der Waals surface area contributed by atoms with Gasteiger partial charge >= 0.3 is 5.97 Å². The maximum atomic E-state index is 11.0. The summed E-state index contributed by atoms with van der Waals surface area (Å²) in [6.45, 7) is 1.01. The van der Waals surface area contributed by atoms with Crippen molar-refractivity contribution >= 4 is 5.97 Å². The predicted molar refractivity (Wildman–Crippen MR) is 46.4 cm³/mol. The van der Waals surface area contributed by atoms with Gasteiger partial charge in [0, 0.05) is 13.2 Å². The van der Waals surface area contributed by atoms with Gasteiger partial charge in [-0.25, -0.2) is 0 Å². The summed E-state index contributed by atoms with van der Waals surface area (Å²) in [4.78, 5) is 11.0.